The Hall–Kier alpha value is -1.32. The van der Waals surface area contributed by atoms with Crippen LogP contribution in [0.4, 0.5) is 0 Å². The highest BCUT2D eigenvalue weighted by Gasteiger charge is 2.06. The van der Waals surface area contributed by atoms with E-state index < -0.39 is 6.10 Å². The van der Waals surface area contributed by atoms with E-state index in [2.05, 4.69) is 11.9 Å². The zero-order chi connectivity index (χ0) is 13.5. The molecule has 0 saturated carbocycles. The summed E-state index contributed by atoms with van der Waals surface area (Å²) in [4.78, 5) is 0. The maximum atomic E-state index is 9.77. The predicted octanol–water partition coefficient (Wildman–Crippen LogP) is 2.21. The van der Waals surface area contributed by atoms with Crippen LogP contribution in [0, 0.1) is 13.8 Å². The first-order chi connectivity index (χ1) is 8.49. The lowest BCUT2D eigenvalue weighted by Crippen LogP contribution is -2.32. The average molecular weight is 249 g/mol. The standard InChI is InChI=1S/C15H23NO2/c1-11(2)8-16-9-14(17)10-18-15-7-12(3)5-6-13(15)4/h5-7,14,16-17H,1,8-10H2,2-4H3. The summed E-state index contributed by atoms with van der Waals surface area (Å²) in [7, 11) is 0. The van der Waals surface area contributed by atoms with Crippen molar-refractivity contribution in [2.75, 3.05) is 19.7 Å². The van der Waals surface area contributed by atoms with Gasteiger partial charge in [0.25, 0.3) is 0 Å². The van der Waals surface area contributed by atoms with E-state index in [1.54, 1.807) is 0 Å². The minimum absolute atomic E-state index is 0.299. The molecule has 0 aliphatic carbocycles. The van der Waals surface area contributed by atoms with Gasteiger partial charge in [-0.05, 0) is 38.0 Å². The van der Waals surface area contributed by atoms with Gasteiger partial charge >= 0.3 is 0 Å². The molecule has 0 aromatic heterocycles. The smallest absolute Gasteiger partial charge is 0.122 e. The molecule has 0 spiro atoms. The monoisotopic (exact) mass is 249 g/mol. The van der Waals surface area contributed by atoms with Crippen molar-refractivity contribution in [3.63, 3.8) is 0 Å². The van der Waals surface area contributed by atoms with Crippen LogP contribution in [0.1, 0.15) is 18.1 Å². The molecule has 2 N–H and O–H groups in total. The van der Waals surface area contributed by atoms with Crippen molar-refractivity contribution in [3.05, 3.63) is 41.5 Å². The van der Waals surface area contributed by atoms with Crippen LogP contribution >= 0.6 is 0 Å². The molecule has 0 fully saturated rings. The Bertz CT molecular complexity index is 401. The van der Waals surface area contributed by atoms with Crippen molar-refractivity contribution in [1.29, 1.82) is 0 Å². The van der Waals surface area contributed by atoms with Crippen molar-refractivity contribution in [2.24, 2.45) is 0 Å². The molecule has 1 aromatic rings. The van der Waals surface area contributed by atoms with Gasteiger partial charge in [0, 0.05) is 13.1 Å². The average Bonchev–Trinajstić information content (AvgIpc) is 2.30. The normalized spacial score (nSPS) is 12.2. The second kappa shape index (κ2) is 7.19. The Morgan fingerprint density at radius 2 is 2.17 bits per heavy atom. The number of hydrogen-bond donors (Lipinski definition) is 2. The third-order valence-corrected chi connectivity index (χ3v) is 2.58. The molecular formula is C15H23NO2. The molecule has 0 heterocycles. The lowest BCUT2D eigenvalue weighted by Gasteiger charge is -2.15. The van der Waals surface area contributed by atoms with Crippen molar-refractivity contribution in [3.8, 4) is 5.75 Å². The summed E-state index contributed by atoms with van der Waals surface area (Å²) in [5, 5.41) is 12.9. The molecule has 1 rings (SSSR count). The Morgan fingerprint density at radius 1 is 1.44 bits per heavy atom. The molecule has 0 amide bonds. The molecule has 0 saturated heterocycles. The predicted molar refractivity (Wildman–Crippen MR) is 75.1 cm³/mol. The van der Waals surface area contributed by atoms with Gasteiger partial charge < -0.3 is 15.2 Å². The van der Waals surface area contributed by atoms with E-state index in [4.69, 9.17) is 4.74 Å². The fourth-order valence-electron chi connectivity index (χ4n) is 1.56. The molecule has 0 radical (unpaired) electrons. The zero-order valence-corrected chi connectivity index (χ0v) is 11.5. The number of hydrogen-bond acceptors (Lipinski definition) is 3. The molecule has 3 nitrogen and oxygen atoms in total. The molecular weight excluding hydrogens is 226 g/mol. The summed E-state index contributed by atoms with van der Waals surface area (Å²) in [6.45, 7) is 11.3. The van der Waals surface area contributed by atoms with E-state index in [0.717, 1.165) is 29.0 Å². The highest BCUT2D eigenvalue weighted by Crippen LogP contribution is 2.19. The van der Waals surface area contributed by atoms with Crippen LogP contribution in [0.25, 0.3) is 0 Å². The van der Waals surface area contributed by atoms with E-state index in [9.17, 15) is 5.11 Å². The first kappa shape index (κ1) is 14.7. The van der Waals surface area contributed by atoms with Gasteiger partial charge in [0.2, 0.25) is 0 Å². The van der Waals surface area contributed by atoms with Gasteiger partial charge in [0.1, 0.15) is 18.5 Å². The van der Waals surface area contributed by atoms with Crippen LogP contribution in [0.2, 0.25) is 0 Å². The van der Waals surface area contributed by atoms with Crippen LogP contribution in [0.5, 0.6) is 5.75 Å². The van der Waals surface area contributed by atoms with E-state index in [0.29, 0.717) is 13.2 Å². The topological polar surface area (TPSA) is 41.5 Å². The minimum atomic E-state index is -0.510. The molecule has 100 valence electrons. The van der Waals surface area contributed by atoms with Crippen LogP contribution < -0.4 is 10.1 Å². The van der Waals surface area contributed by atoms with Gasteiger partial charge in [0.15, 0.2) is 0 Å². The third-order valence-electron chi connectivity index (χ3n) is 2.58. The van der Waals surface area contributed by atoms with E-state index in [1.807, 2.05) is 39.0 Å². The Balaban J connectivity index is 2.35. The number of ether oxygens (including phenoxy) is 1. The fraction of sp³-hybridized carbons (Fsp3) is 0.467. The molecule has 0 bridgehead atoms. The number of rotatable bonds is 7. The van der Waals surface area contributed by atoms with Gasteiger partial charge in [-0.2, -0.15) is 0 Å². The summed E-state index contributed by atoms with van der Waals surface area (Å²) in [5.41, 5.74) is 3.30. The number of aliphatic hydroxyl groups excluding tert-OH is 1. The Labute approximate surface area is 109 Å². The minimum Gasteiger partial charge on any atom is -0.491 e. The van der Waals surface area contributed by atoms with E-state index >= 15 is 0 Å². The largest absolute Gasteiger partial charge is 0.491 e. The summed E-state index contributed by atoms with van der Waals surface area (Å²) < 4.78 is 5.62. The molecule has 1 aromatic carbocycles. The summed E-state index contributed by atoms with van der Waals surface area (Å²) in [5.74, 6) is 0.842. The lowest BCUT2D eigenvalue weighted by atomic mass is 10.1. The molecule has 1 unspecified atom stereocenters. The molecule has 0 aliphatic heterocycles. The fourth-order valence-corrected chi connectivity index (χ4v) is 1.56. The Morgan fingerprint density at radius 3 is 2.83 bits per heavy atom. The van der Waals surface area contributed by atoms with E-state index in [-0.39, 0.29) is 0 Å². The van der Waals surface area contributed by atoms with Gasteiger partial charge in [-0.1, -0.05) is 24.3 Å². The first-order valence-corrected chi connectivity index (χ1v) is 6.22. The number of nitrogens with one attached hydrogen (secondary N) is 1. The third kappa shape index (κ3) is 5.34. The quantitative estimate of drug-likeness (QED) is 0.728. The van der Waals surface area contributed by atoms with Crippen LogP contribution in [0.15, 0.2) is 30.4 Å². The number of benzene rings is 1. The summed E-state index contributed by atoms with van der Waals surface area (Å²) in [6, 6.07) is 6.06. The van der Waals surface area contributed by atoms with E-state index in [1.165, 1.54) is 0 Å². The van der Waals surface area contributed by atoms with Crippen LogP contribution in [0.3, 0.4) is 0 Å². The summed E-state index contributed by atoms with van der Waals surface area (Å²) in [6.07, 6.45) is -0.510. The molecule has 3 heteroatoms. The van der Waals surface area contributed by atoms with Crippen LogP contribution in [-0.2, 0) is 0 Å². The lowest BCUT2D eigenvalue weighted by molar-refractivity contribution is 0.107. The van der Waals surface area contributed by atoms with Crippen molar-refractivity contribution < 1.29 is 9.84 Å². The molecule has 18 heavy (non-hydrogen) atoms. The first-order valence-electron chi connectivity index (χ1n) is 6.22. The molecule has 1 atom stereocenters. The Kier molecular flexibility index (Phi) is 5.89. The zero-order valence-electron chi connectivity index (χ0n) is 11.5. The van der Waals surface area contributed by atoms with Gasteiger partial charge in [-0.15, -0.1) is 0 Å². The van der Waals surface area contributed by atoms with Gasteiger partial charge in [-0.25, -0.2) is 0 Å². The number of aryl methyl sites for hydroxylation is 2. The SMILES string of the molecule is C=C(C)CNCC(O)COc1cc(C)ccc1C. The maximum Gasteiger partial charge on any atom is 0.122 e. The van der Waals surface area contributed by atoms with Crippen LogP contribution in [-0.4, -0.2) is 30.9 Å². The van der Waals surface area contributed by atoms with Gasteiger partial charge in [-0.3, -0.25) is 0 Å². The van der Waals surface area contributed by atoms with Crippen molar-refractivity contribution in [1.82, 2.24) is 5.32 Å². The highest BCUT2D eigenvalue weighted by molar-refractivity contribution is 5.35. The van der Waals surface area contributed by atoms with Crippen molar-refractivity contribution in [2.45, 2.75) is 26.9 Å². The second-order valence-corrected chi connectivity index (χ2v) is 4.82. The molecule has 0 aliphatic rings. The van der Waals surface area contributed by atoms with Gasteiger partial charge in [0.05, 0.1) is 0 Å². The second-order valence-electron chi connectivity index (χ2n) is 4.82. The summed E-state index contributed by atoms with van der Waals surface area (Å²) >= 11 is 0. The number of aliphatic hydroxyl groups is 1. The highest BCUT2D eigenvalue weighted by atomic mass is 16.5. The van der Waals surface area contributed by atoms with Crippen molar-refractivity contribution >= 4 is 0 Å². The maximum absolute atomic E-state index is 9.77.